The Hall–Kier alpha value is -1.23. The lowest BCUT2D eigenvalue weighted by Gasteiger charge is -2.06. The predicted octanol–water partition coefficient (Wildman–Crippen LogP) is 2.92. The Morgan fingerprint density at radius 1 is 1.20 bits per heavy atom. The van der Waals surface area contributed by atoms with E-state index in [-0.39, 0.29) is 5.91 Å². The molecule has 0 bridgehead atoms. The first-order valence-electron chi connectivity index (χ1n) is 7.69. The van der Waals surface area contributed by atoms with Crippen molar-refractivity contribution in [3.05, 3.63) is 10.4 Å². The lowest BCUT2D eigenvalue weighted by Crippen LogP contribution is -2.25. The second-order valence-corrected chi connectivity index (χ2v) is 7.45. The Kier molecular flexibility index (Phi) is 2.91. The van der Waals surface area contributed by atoms with Crippen LogP contribution in [0.1, 0.15) is 59.7 Å². The highest BCUT2D eigenvalue weighted by Crippen LogP contribution is 2.51. The van der Waals surface area contributed by atoms with E-state index in [1.54, 1.807) is 11.3 Å². The van der Waals surface area contributed by atoms with E-state index in [0.717, 1.165) is 40.9 Å². The summed E-state index contributed by atoms with van der Waals surface area (Å²) in [5, 5.41) is 7.74. The maximum Gasteiger partial charge on any atom is 0.263 e. The summed E-state index contributed by atoms with van der Waals surface area (Å²) in [7, 11) is 0. The van der Waals surface area contributed by atoms with Gasteiger partial charge in [0.2, 0.25) is 0 Å². The van der Waals surface area contributed by atoms with Gasteiger partial charge in [-0.3, -0.25) is 4.79 Å². The average molecular weight is 291 g/mol. The van der Waals surface area contributed by atoms with E-state index in [1.165, 1.54) is 31.2 Å². The van der Waals surface area contributed by atoms with Crippen LogP contribution < -0.4 is 16.4 Å². The number of thiophene rings is 1. The predicted molar refractivity (Wildman–Crippen MR) is 82.4 cm³/mol. The van der Waals surface area contributed by atoms with E-state index >= 15 is 0 Å². The molecule has 1 aromatic rings. The SMILES string of the molecule is Nc1c(C(=O)NC2CC2)sc(NCC2CC2)c1C1CC1. The summed E-state index contributed by atoms with van der Waals surface area (Å²) in [6, 6.07) is 0.385. The molecule has 0 aromatic carbocycles. The Morgan fingerprint density at radius 3 is 2.55 bits per heavy atom. The number of carbonyl (C=O) groups excluding carboxylic acids is 1. The fourth-order valence-electron chi connectivity index (χ4n) is 2.57. The zero-order chi connectivity index (χ0) is 13.7. The van der Waals surface area contributed by atoms with Gasteiger partial charge in [0.15, 0.2) is 0 Å². The zero-order valence-corrected chi connectivity index (χ0v) is 12.4. The highest BCUT2D eigenvalue weighted by Gasteiger charge is 2.34. The molecule has 4 nitrogen and oxygen atoms in total. The van der Waals surface area contributed by atoms with Crippen molar-refractivity contribution >= 4 is 27.9 Å². The summed E-state index contributed by atoms with van der Waals surface area (Å²) >= 11 is 1.55. The number of carbonyl (C=O) groups is 1. The summed E-state index contributed by atoms with van der Waals surface area (Å²) in [5.74, 6) is 1.43. The molecule has 4 rings (SSSR count). The number of hydrogen-bond acceptors (Lipinski definition) is 4. The van der Waals surface area contributed by atoms with Crippen molar-refractivity contribution in [2.24, 2.45) is 5.92 Å². The highest BCUT2D eigenvalue weighted by atomic mass is 32.1. The van der Waals surface area contributed by atoms with Crippen molar-refractivity contribution in [1.82, 2.24) is 5.32 Å². The molecule has 0 aliphatic heterocycles. The normalized spacial score (nSPS) is 21.8. The van der Waals surface area contributed by atoms with Crippen LogP contribution in [0.25, 0.3) is 0 Å². The van der Waals surface area contributed by atoms with E-state index in [4.69, 9.17) is 5.73 Å². The third kappa shape index (κ3) is 2.51. The van der Waals surface area contributed by atoms with Crippen molar-refractivity contribution in [3.8, 4) is 0 Å². The molecule has 1 heterocycles. The van der Waals surface area contributed by atoms with Gasteiger partial charge in [-0.1, -0.05) is 0 Å². The number of nitrogens with two attached hydrogens (primary N) is 1. The van der Waals surface area contributed by atoms with Crippen molar-refractivity contribution < 1.29 is 4.79 Å². The fourth-order valence-corrected chi connectivity index (χ4v) is 3.69. The standard InChI is InChI=1S/C15H21N3OS/c16-12-11(9-3-4-9)15(17-7-8-1-2-8)20-13(12)14(19)18-10-5-6-10/h8-10,17H,1-7,16H2,(H,18,19). The van der Waals surface area contributed by atoms with E-state index in [1.807, 2.05) is 0 Å². The van der Waals surface area contributed by atoms with Gasteiger partial charge in [-0.25, -0.2) is 0 Å². The second-order valence-electron chi connectivity index (χ2n) is 6.43. The maximum absolute atomic E-state index is 12.3. The summed E-state index contributed by atoms with van der Waals surface area (Å²) in [5.41, 5.74) is 8.22. The molecule has 0 atom stereocenters. The molecular formula is C15H21N3OS. The van der Waals surface area contributed by atoms with Crippen molar-refractivity contribution in [2.45, 2.75) is 50.5 Å². The van der Waals surface area contributed by atoms with Gasteiger partial charge in [-0.05, 0) is 50.4 Å². The molecule has 108 valence electrons. The molecule has 0 unspecified atom stereocenters. The summed E-state index contributed by atoms with van der Waals surface area (Å²) in [6.45, 7) is 1.03. The van der Waals surface area contributed by atoms with Crippen LogP contribution in [0.5, 0.6) is 0 Å². The highest BCUT2D eigenvalue weighted by molar-refractivity contribution is 7.18. The van der Waals surface area contributed by atoms with Crippen LogP contribution in [0.4, 0.5) is 10.7 Å². The molecule has 4 N–H and O–H groups in total. The van der Waals surface area contributed by atoms with Gasteiger partial charge in [0.1, 0.15) is 4.88 Å². The molecule has 3 aliphatic carbocycles. The van der Waals surface area contributed by atoms with Crippen LogP contribution in [-0.2, 0) is 0 Å². The lowest BCUT2D eigenvalue weighted by atomic mass is 10.1. The first-order valence-corrected chi connectivity index (χ1v) is 8.51. The molecule has 3 fully saturated rings. The van der Waals surface area contributed by atoms with Crippen LogP contribution >= 0.6 is 11.3 Å². The zero-order valence-electron chi connectivity index (χ0n) is 11.6. The summed E-state index contributed by atoms with van der Waals surface area (Å²) < 4.78 is 0. The van der Waals surface area contributed by atoms with Gasteiger partial charge in [-0.15, -0.1) is 11.3 Å². The van der Waals surface area contributed by atoms with Crippen molar-refractivity contribution in [2.75, 3.05) is 17.6 Å². The van der Waals surface area contributed by atoms with Gasteiger partial charge in [0.25, 0.3) is 5.91 Å². The first-order chi connectivity index (χ1) is 9.72. The van der Waals surface area contributed by atoms with E-state index in [9.17, 15) is 4.79 Å². The molecular weight excluding hydrogens is 270 g/mol. The molecule has 5 heteroatoms. The lowest BCUT2D eigenvalue weighted by molar-refractivity contribution is 0.0956. The Bertz CT molecular complexity index is 542. The smallest absolute Gasteiger partial charge is 0.263 e. The number of nitrogens with one attached hydrogen (secondary N) is 2. The second kappa shape index (κ2) is 4.65. The molecule has 1 aromatic heterocycles. The van der Waals surface area contributed by atoms with Crippen LogP contribution in [0.2, 0.25) is 0 Å². The van der Waals surface area contributed by atoms with Crippen LogP contribution in [0.3, 0.4) is 0 Å². The van der Waals surface area contributed by atoms with Gasteiger partial charge in [-0.2, -0.15) is 0 Å². The van der Waals surface area contributed by atoms with Crippen molar-refractivity contribution in [1.29, 1.82) is 0 Å². The number of nitrogen functional groups attached to an aromatic ring is 1. The van der Waals surface area contributed by atoms with Crippen LogP contribution in [0, 0.1) is 5.92 Å². The van der Waals surface area contributed by atoms with Gasteiger partial charge >= 0.3 is 0 Å². The minimum atomic E-state index is 0.0244. The Morgan fingerprint density at radius 2 is 1.95 bits per heavy atom. The number of amides is 1. The Balaban J connectivity index is 1.57. The Labute approximate surface area is 123 Å². The van der Waals surface area contributed by atoms with Gasteiger partial charge in [0.05, 0.1) is 10.7 Å². The van der Waals surface area contributed by atoms with Crippen LogP contribution in [-0.4, -0.2) is 18.5 Å². The third-order valence-electron chi connectivity index (χ3n) is 4.34. The molecule has 0 radical (unpaired) electrons. The molecule has 3 aliphatic rings. The number of hydrogen-bond donors (Lipinski definition) is 3. The molecule has 20 heavy (non-hydrogen) atoms. The molecule has 0 saturated heterocycles. The third-order valence-corrected chi connectivity index (χ3v) is 5.51. The topological polar surface area (TPSA) is 67.2 Å². The number of rotatable bonds is 6. The molecule has 3 saturated carbocycles. The van der Waals surface area contributed by atoms with E-state index in [2.05, 4.69) is 10.6 Å². The average Bonchev–Trinajstić information content (AvgIpc) is 3.25. The molecule has 1 amide bonds. The van der Waals surface area contributed by atoms with Crippen LogP contribution in [0.15, 0.2) is 0 Å². The monoisotopic (exact) mass is 291 g/mol. The quantitative estimate of drug-likeness (QED) is 0.755. The van der Waals surface area contributed by atoms with Gasteiger partial charge in [0, 0.05) is 18.2 Å². The van der Waals surface area contributed by atoms with E-state index < -0.39 is 0 Å². The fraction of sp³-hybridized carbons (Fsp3) is 0.667. The minimum Gasteiger partial charge on any atom is -0.397 e. The van der Waals surface area contributed by atoms with E-state index in [0.29, 0.717) is 12.0 Å². The maximum atomic E-state index is 12.3. The summed E-state index contributed by atoms with van der Waals surface area (Å²) in [6.07, 6.45) is 7.31. The summed E-state index contributed by atoms with van der Waals surface area (Å²) in [4.78, 5) is 13.0. The van der Waals surface area contributed by atoms with Gasteiger partial charge < -0.3 is 16.4 Å². The first kappa shape index (κ1) is 12.5. The van der Waals surface area contributed by atoms with Crippen molar-refractivity contribution in [3.63, 3.8) is 0 Å². The largest absolute Gasteiger partial charge is 0.397 e. The minimum absolute atomic E-state index is 0.0244. The molecule has 0 spiro atoms. The number of anilines is 2.